The third-order valence-electron chi connectivity index (χ3n) is 3.00. The maximum atomic E-state index is 12.0. The van der Waals surface area contributed by atoms with Crippen LogP contribution in [0.2, 0.25) is 0 Å². The molecule has 0 aromatic heterocycles. The number of carbonyl (C=O) groups is 2. The Hall–Kier alpha value is -1.75. The van der Waals surface area contributed by atoms with Crippen molar-refractivity contribution in [2.45, 2.75) is 20.8 Å². The topological polar surface area (TPSA) is 57.6 Å². The van der Waals surface area contributed by atoms with Gasteiger partial charge in [-0.1, -0.05) is 0 Å². The lowest BCUT2D eigenvalue weighted by atomic mass is 10.1. The van der Waals surface area contributed by atoms with Crippen molar-refractivity contribution in [3.63, 3.8) is 0 Å². The maximum Gasteiger partial charge on any atom is 0.293 e. The van der Waals surface area contributed by atoms with E-state index in [2.05, 4.69) is 0 Å². The van der Waals surface area contributed by atoms with Gasteiger partial charge in [0.05, 0.1) is 4.91 Å². The van der Waals surface area contributed by atoms with E-state index in [1.807, 2.05) is 0 Å². The molecule has 0 aliphatic carbocycles. The van der Waals surface area contributed by atoms with Crippen molar-refractivity contribution < 1.29 is 14.7 Å². The number of carbonyl (C=O) groups excluding carboxylic acids is 2. The first-order chi connectivity index (χ1) is 8.93. The van der Waals surface area contributed by atoms with Crippen LogP contribution in [0.5, 0.6) is 5.75 Å². The van der Waals surface area contributed by atoms with E-state index in [4.69, 9.17) is 0 Å². The van der Waals surface area contributed by atoms with Gasteiger partial charge in [-0.15, -0.1) is 0 Å². The Morgan fingerprint density at radius 1 is 1.26 bits per heavy atom. The number of hydrogen-bond donors (Lipinski definition) is 1. The summed E-state index contributed by atoms with van der Waals surface area (Å²) in [6.45, 7) is 5.76. The van der Waals surface area contributed by atoms with Gasteiger partial charge >= 0.3 is 0 Å². The Bertz CT molecular complexity index is 569. The zero-order valence-electron chi connectivity index (χ0n) is 11.1. The second-order valence-corrected chi connectivity index (χ2v) is 5.42. The lowest BCUT2D eigenvalue weighted by molar-refractivity contribution is -0.122. The maximum absolute atomic E-state index is 12.0. The molecule has 1 aliphatic heterocycles. The number of aromatic hydroxyl groups is 1. The first kappa shape index (κ1) is 13.7. The van der Waals surface area contributed by atoms with Crippen molar-refractivity contribution in [2.75, 3.05) is 6.54 Å². The number of aryl methyl sites for hydroxylation is 2. The highest BCUT2D eigenvalue weighted by atomic mass is 32.2. The number of amides is 2. The first-order valence-electron chi connectivity index (χ1n) is 5.99. The summed E-state index contributed by atoms with van der Waals surface area (Å²) >= 11 is 0.953. The Kier molecular flexibility index (Phi) is 3.66. The van der Waals surface area contributed by atoms with Gasteiger partial charge in [0, 0.05) is 6.54 Å². The van der Waals surface area contributed by atoms with Crippen LogP contribution in [0.4, 0.5) is 4.79 Å². The van der Waals surface area contributed by atoms with Crippen LogP contribution in [0.1, 0.15) is 23.6 Å². The molecule has 0 atom stereocenters. The van der Waals surface area contributed by atoms with Gasteiger partial charge in [0.1, 0.15) is 5.75 Å². The van der Waals surface area contributed by atoms with E-state index in [1.165, 1.54) is 4.90 Å². The molecule has 1 heterocycles. The molecular formula is C14H15NO3S. The molecular weight excluding hydrogens is 262 g/mol. The number of phenolic OH excluding ortho intramolecular Hbond substituents is 1. The molecule has 1 saturated heterocycles. The molecule has 1 aliphatic rings. The average Bonchev–Trinajstić information content (AvgIpc) is 2.61. The lowest BCUT2D eigenvalue weighted by Crippen LogP contribution is -2.27. The number of phenols is 1. The predicted molar refractivity (Wildman–Crippen MR) is 75.9 cm³/mol. The Balaban J connectivity index is 2.38. The van der Waals surface area contributed by atoms with E-state index in [0.29, 0.717) is 11.4 Å². The molecule has 0 radical (unpaired) electrons. The standard InChI is InChI=1S/C14H15NO3S/c1-4-15-13(17)11(19-14(15)18)7-10-5-8(2)12(16)9(3)6-10/h5-7,16H,4H2,1-3H3/b11-7-. The number of likely N-dealkylation sites (N-methyl/N-ethyl adjacent to an activating group) is 1. The van der Waals surface area contributed by atoms with Crippen LogP contribution in [0, 0.1) is 13.8 Å². The number of thioether (sulfide) groups is 1. The van der Waals surface area contributed by atoms with Crippen LogP contribution in [0.3, 0.4) is 0 Å². The molecule has 2 amide bonds. The summed E-state index contributed by atoms with van der Waals surface area (Å²) in [4.78, 5) is 25.2. The van der Waals surface area contributed by atoms with Crippen molar-refractivity contribution in [1.82, 2.24) is 4.90 Å². The normalized spacial score (nSPS) is 17.6. The molecule has 0 spiro atoms. The van der Waals surface area contributed by atoms with E-state index >= 15 is 0 Å². The van der Waals surface area contributed by atoms with Crippen LogP contribution in [0.15, 0.2) is 17.0 Å². The third kappa shape index (κ3) is 2.51. The molecule has 0 unspecified atom stereocenters. The van der Waals surface area contributed by atoms with E-state index in [0.717, 1.165) is 28.5 Å². The summed E-state index contributed by atoms with van der Waals surface area (Å²) in [6, 6.07) is 3.59. The fourth-order valence-electron chi connectivity index (χ4n) is 2.00. The molecule has 1 aromatic rings. The molecule has 19 heavy (non-hydrogen) atoms. The summed E-state index contributed by atoms with van der Waals surface area (Å²) in [6.07, 6.45) is 1.69. The number of imide groups is 1. The fraction of sp³-hybridized carbons (Fsp3) is 0.286. The summed E-state index contributed by atoms with van der Waals surface area (Å²) in [5, 5.41) is 9.48. The zero-order valence-corrected chi connectivity index (χ0v) is 11.9. The van der Waals surface area contributed by atoms with Crippen LogP contribution in [-0.2, 0) is 4.79 Å². The van der Waals surface area contributed by atoms with Crippen LogP contribution in [0.25, 0.3) is 6.08 Å². The van der Waals surface area contributed by atoms with Gasteiger partial charge in [-0.05, 0) is 67.4 Å². The zero-order chi connectivity index (χ0) is 14.2. The van der Waals surface area contributed by atoms with E-state index in [-0.39, 0.29) is 16.9 Å². The van der Waals surface area contributed by atoms with Gasteiger partial charge in [0.25, 0.3) is 11.1 Å². The molecule has 1 aromatic carbocycles. The SMILES string of the molecule is CCN1C(=O)S/C(=C\c2cc(C)c(O)c(C)c2)C1=O. The summed E-state index contributed by atoms with van der Waals surface area (Å²) in [5.74, 6) is 0.0136. The highest BCUT2D eigenvalue weighted by Gasteiger charge is 2.33. The van der Waals surface area contributed by atoms with Crippen LogP contribution in [-0.4, -0.2) is 27.7 Å². The number of hydrogen-bond acceptors (Lipinski definition) is 4. The second kappa shape index (κ2) is 5.09. The summed E-state index contributed by atoms with van der Waals surface area (Å²) in [5.41, 5.74) is 2.32. The number of benzene rings is 1. The van der Waals surface area contributed by atoms with Crippen LogP contribution < -0.4 is 0 Å². The van der Waals surface area contributed by atoms with Gasteiger partial charge in [0.15, 0.2) is 0 Å². The lowest BCUT2D eigenvalue weighted by Gasteiger charge is -2.07. The summed E-state index contributed by atoms with van der Waals surface area (Å²) in [7, 11) is 0. The molecule has 4 nitrogen and oxygen atoms in total. The largest absolute Gasteiger partial charge is 0.507 e. The van der Waals surface area contributed by atoms with Crippen molar-refractivity contribution in [3.05, 3.63) is 33.7 Å². The minimum absolute atomic E-state index is 0.231. The van der Waals surface area contributed by atoms with Crippen LogP contribution >= 0.6 is 11.8 Å². The molecule has 1 fully saturated rings. The molecule has 100 valence electrons. The van der Waals surface area contributed by atoms with Crippen molar-refractivity contribution in [2.24, 2.45) is 0 Å². The highest BCUT2D eigenvalue weighted by molar-refractivity contribution is 8.18. The molecule has 5 heteroatoms. The summed E-state index contributed by atoms with van der Waals surface area (Å²) < 4.78 is 0. The Labute approximate surface area is 116 Å². The average molecular weight is 277 g/mol. The Morgan fingerprint density at radius 3 is 2.32 bits per heavy atom. The molecule has 1 N–H and O–H groups in total. The van der Waals surface area contributed by atoms with Gasteiger partial charge in [-0.25, -0.2) is 0 Å². The minimum atomic E-state index is -0.249. The van der Waals surface area contributed by atoms with Gasteiger partial charge in [-0.3, -0.25) is 14.5 Å². The molecule has 2 rings (SSSR count). The smallest absolute Gasteiger partial charge is 0.293 e. The van der Waals surface area contributed by atoms with E-state index in [9.17, 15) is 14.7 Å². The van der Waals surface area contributed by atoms with Gasteiger partial charge in [0.2, 0.25) is 0 Å². The molecule has 0 bridgehead atoms. The monoisotopic (exact) mass is 277 g/mol. The Morgan fingerprint density at radius 2 is 1.84 bits per heavy atom. The molecule has 0 saturated carbocycles. The van der Waals surface area contributed by atoms with E-state index in [1.54, 1.807) is 39.0 Å². The fourth-order valence-corrected chi connectivity index (χ4v) is 2.90. The third-order valence-corrected chi connectivity index (χ3v) is 3.91. The van der Waals surface area contributed by atoms with Crippen molar-refractivity contribution in [1.29, 1.82) is 0 Å². The van der Waals surface area contributed by atoms with Gasteiger partial charge < -0.3 is 5.11 Å². The van der Waals surface area contributed by atoms with Crippen molar-refractivity contribution in [3.8, 4) is 5.75 Å². The van der Waals surface area contributed by atoms with Crippen molar-refractivity contribution >= 4 is 29.0 Å². The van der Waals surface area contributed by atoms with E-state index < -0.39 is 0 Å². The highest BCUT2D eigenvalue weighted by Crippen LogP contribution is 2.33. The second-order valence-electron chi connectivity index (χ2n) is 4.43. The number of nitrogens with zero attached hydrogens (tertiary/aromatic N) is 1. The predicted octanol–water partition coefficient (Wildman–Crippen LogP) is 3.07. The quantitative estimate of drug-likeness (QED) is 0.844. The minimum Gasteiger partial charge on any atom is -0.507 e. The van der Waals surface area contributed by atoms with Gasteiger partial charge in [-0.2, -0.15) is 0 Å². The number of rotatable bonds is 2. The first-order valence-corrected chi connectivity index (χ1v) is 6.81.